The Morgan fingerprint density at radius 2 is 1.70 bits per heavy atom. The van der Waals surface area contributed by atoms with E-state index in [9.17, 15) is 36.4 Å². The predicted molar refractivity (Wildman–Crippen MR) is 243 cm³/mol. The van der Waals surface area contributed by atoms with E-state index in [0.717, 1.165) is 81.2 Å². The average molecular weight is 953 g/mol. The average Bonchev–Trinajstić information content (AvgIpc) is 3.81. The number of benzene rings is 1. The highest BCUT2D eigenvalue weighted by Gasteiger charge is 2.69. The first kappa shape index (κ1) is 52.5. The van der Waals surface area contributed by atoms with Gasteiger partial charge in [0, 0.05) is 55.8 Å². The molecule has 0 radical (unpaired) electrons. The highest BCUT2D eigenvalue weighted by atomic mass is 33.1. The number of likely N-dealkylation sites (N-methyl/N-ethyl adjacent to an activating group) is 2. The molecule has 0 bridgehead atoms. The summed E-state index contributed by atoms with van der Waals surface area (Å²) in [6.07, 6.45) is 0.723. The maximum Gasteiger partial charge on any atom is 0.426 e. The molecule has 3 fully saturated rings. The zero-order valence-electron chi connectivity index (χ0n) is 38.5. The molecule has 0 saturated heterocycles. The van der Waals surface area contributed by atoms with E-state index < -0.39 is 32.9 Å². The molecular weight excluding hydrogens is 882 g/mol. The lowest BCUT2D eigenvalue weighted by atomic mass is 9.55. The van der Waals surface area contributed by atoms with Crippen molar-refractivity contribution in [1.29, 1.82) is 5.26 Å². The fraction of sp³-hybridized carbons (Fsp3) is 0.826. The van der Waals surface area contributed by atoms with Crippen LogP contribution in [0.15, 0.2) is 18.2 Å². The topological polar surface area (TPSA) is 78.3 Å². The monoisotopic (exact) mass is 952 g/mol. The summed E-state index contributed by atoms with van der Waals surface area (Å²) in [6.45, 7) is 10.6. The molecule has 4 unspecified atom stereocenters. The van der Waals surface area contributed by atoms with Gasteiger partial charge in [0.2, 0.25) is 5.91 Å². The quantitative estimate of drug-likeness (QED) is 0.0489. The Hall–Kier alpha value is -1.47. The van der Waals surface area contributed by atoms with Crippen LogP contribution in [0.5, 0.6) is 5.75 Å². The molecule has 17 heteroatoms. The maximum atomic E-state index is 13.5. The molecule has 8 atom stereocenters. The molecule has 1 aromatic rings. The van der Waals surface area contributed by atoms with Crippen molar-refractivity contribution in [2.24, 2.45) is 23.2 Å². The van der Waals surface area contributed by atoms with Gasteiger partial charge in [-0.1, -0.05) is 34.6 Å². The number of hydrogen-bond donors (Lipinski definition) is 0. The van der Waals surface area contributed by atoms with Crippen molar-refractivity contribution in [2.45, 2.75) is 160 Å². The number of aryl methyl sites for hydroxylation is 1. The third-order valence-electron chi connectivity index (χ3n) is 14.4. The Kier molecular flexibility index (Phi) is 18.8. The molecule has 4 aliphatic rings. The van der Waals surface area contributed by atoms with E-state index in [4.69, 9.17) is 9.26 Å². The van der Waals surface area contributed by atoms with Crippen molar-refractivity contribution in [1.82, 2.24) is 14.5 Å². The van der Waals surface area contributed by atoms with Crippen LogP contribution in [0, 0.1) is 34.5 Å². The summed E-state index contributed by atoms with van der Waals surface area (Å²) in [4.78, 5) is 16.7. The number of nitriles is 1. The number of ether oxygens (including phenoxy) is 2. The van der Waals surface area contributed by atoms with E-state index in [1.165, 1.54) is 29.5 Å². The minimum Gasteiger partial charge on any atom is -0.494 e. The van der Waals surface area contributed by atoms with Gasteiger partial charge >= 0.3 is 12.4 Å². The lowest BCUT2D eigenvalue weighted by molar-refractivity contribution is -0.374. The van der Waals surface area contributed by atoms with Crippen molar-refractivity contribution in [3.05, 3.63) is 29.3 Å². The summed E-state index contributed by atoms with van der Waals surface area (Å²) in [7, 11) is 6.41. The second-order valence-corrected chi connectivity index (χ2v) is 23.8. The van der Waals surface area contributed by atoms with Crippen molar-refractivity contribution in [2.75, 3.05) is 58.1 Å². The molecule has 4 aliphatic carbocycles. The van der Waals surface area contributed by atoms with Crippen molar-refractivity contribution in [3.8, 4) is 11.8 Å². The minimum atomic E-state index is -5.63. The van der Waals surface area contributed by atoms with Crippen LogP contribution in [0.25, 0.3) is 0 Å². The smallest absolute Gasteiger partial charge is 0.426 e. The minimum absolute atomic E-state index is 0.00796. The molecule has 0 spiro atoms. The van der Waals surface area contributed by atoms with Crippen molar-refractivity contribution in [3.63, 3.8) is 0 Å². The lowest BCUT2D eigenvalue weighted by Gasteiger charge is -2.52. The molecule has 0 aliphatic heterocycles. The summed E-state index contributed by atoms with van der Waals surface area (Å²) in [5.74, 6) is 4.98. The summed E-state index contributed by atoms with van der Waals surface area (Å²) in [6, 6.07) is 9.75. The molecule has 1 aromatic carbocycles. The fourth-order valence-electron chi connectivity index (χ4n) is 11.0. The van der Waals surface area contributed by atoms with Crippen LogP contribution in [0.3, 0.4) is 0 Å². The standard InChI is InChI=1S/C46H71F6N4O4PS2/c1-31(2)56(32(3)4)61(25-9-21-53)60-36-13-11-33(27-36)30-63-62-26-10-23-58-35-14-16-37-34(28-35)12-15-39-38(37)19-20-43(5)40(39)17-18-41(43)55(8)42(57)29-54(7)22-24-59-44(6,45(47,48)49)46(50,51)52/h14,16,28,31-33,36,38-41H,9-13,15,17-20,22-27,29-30H2,1-8H3/t33-,36-,38?,39?,40?,41+,43+,61?/m1/s1. The summed E-state index contributed by atoms with van der Waals surface area (Å²) in [5, 5.41) is 9.24. The Labute approximate surface area is 381 Å². The number of fused-ring (bicyclic) bond motifs is 5. The Morgan fingerprint density at radius 1 is 0.984 bits per heavy atom. The molecule has 8 nitrogen and oxygen atoms in total. The van der Waals surface area contributed by atoms with Gasteiger partial charge in [-0.2, -0.15) is 31.6 Å². The van der Waals surface area contributed by atoms with Gasteiger partial charge in [-0.3, -0.25) is 14.4 Å². The highest BCUT2D eigenvalue weighted by Crippen LogP contribution is 2.62. The molecule has 63 heavy (non-hydrogen) atoms. The van der Waals surface area contributed by atoms with Gasteiger partial charge in [0.15, 0.2) is 0 Å². The van der Waals surface area contributed by atoms with Gasteiger partial charge in [0.05, 0.1) is 31.9 Å². The van der Waals surface area contributed by atoms with Gasteiger partial charge < -0.3 is 18.9 Å². The molecule has 0 heterocycles. The van der Waals surface area contributed by atoms with Gasteiger partial charge in [-0.05, 0) is 158 Å². The van der Waals surface area contributed by atoms with Crippen LogP contribution < -0.4 is 4.74 Å². The van der Waals surface area contributed by atoms with Crippen LogP contribution in [-0.2, 0) is 20.5 Å². The van der Waals surface area contributed by atoms with Crippen LogP contribution in [0.4, 0.5) is 26.3 Å². The number of nitrogens with zero attached hydrogens (tertiary/aromatic N) is 4. The predicted octanol–water partition coefficient (Wildman–Crippen LogP) is 11.9. The van der Waals surface area contributed by atoms with Gasteiger partial charge in [-0.15, -0.1) is 0 Å². The number of carbonyl (C=O) groups is 1. The number of halogens is 6. The third kappa shape index (κ3) is 12.7. The summed E-state index contributed by atoms with van der Waals surface area (Å²) < 4.78 is 99.2. The van der Waals surface area contributed by atoms with Crippen LogP contribution in [0.2, 0.25) is 0 Å². The molecule has 358 valence electrons. The van der Waals surface area contributed by atoms with Crippen LogP contribution >= 0.6 is 29.9 Å². The number of rotatable bonds is 22. The second-order valence-electron chi connectivity index (χ2n) is 19.3. The number of amides is 1. The molecule has 0 N–H and O–H groups in total. The SMILES string of the molecule is CC(C)N(C(C)C)P(CCC#N)O[C@@H]1CC[C@@H](CSSCCCOc2ccc3c(c2)CCC2C3CC[C@@]3(C)C2CC[C@@H]3N(C)C(=O)CN(C)CCOC(C)(C(F)(F)F)C(F)(F)F)C1. The first-order valence-electron chi connectivity index (χ1n) is 22.9. The summed E-state index contributed by atoms with van der Waals surface area (Å²) >= 11 is 0. The molecular formula is C46H71F6N4O4PS2. The molecule has 0 aromatic heterocycles. The third-order valence-corrected chi connectivity index (χ3v) is 19.6. The van der Waals surface area contributed by atoms with Crippen molar-refractivity contribution < 1.29 is 45.1 Å². The normalized spacial score (nSPS) is 26.8. The van der Waals surface area contributed by atoms with E-state index >= 15 is 0 Å². The van der Waals surface area contributed by atoms with Gasteiger partial charge in [0.1, 0.15) is 14.0 Å². The first-order valence-corrected chi connectivity index (χ1v) is 26.8. The Bertz CT molecular complexity index is 1660. The van der Waals surface area contributed by atoms with Crippen LogP contribution in [-0.4, -0.2) is 121 Å². The van der Waals surface area contributed by atoms with E-state index in [2.05, 4.69) is 68.3 Å². The largest absolute Gasteiger partial charge is 0.494 e. The molecule has 1 amide bonds. The van der Waals surface area contributed by atoms with E-state index in [1.807, 2.05) is 21.6 Å². The number of alkyl halides is 6. The zero-order valence-corrected chi connectivity index (χ0v) is 41.1. The van der Waals surface area contributed by atoms with E-state index in [-0.39, 0.29) is 43.5 Å². The second kappa shape index (κ2) is 22.6. The lowest BCUT2D eigenvalue weighted by Crippen LogP contribution is -2.57. The number of hydrogen-bond acceptors (Lipinski definition) is 9. The molecule has 5 rings (SSSR count). The zero-order chi connectivity index (χ0) is 46.3. The summed E-state index contributed by atoms with van der Waals surface area (Å²) in [5.41, 5.74) is -1.56. The number of carbonyl (C=O) groups excluding carboxylic acids is 1. The molecule has 3 saturated carbocycles. The van der Waals surface area contributed by atoms with E-state index in [0.29, 0.717) is 48.8 Å². The Morgan fingerprint density at radius 3 is 2.37 bits per heavy atom. The Balaban J connectivity index is 1.02. The van der Waals surface area contributed by atoms with Gasteiger partial charge in [-0.25, -0.2) is 0 Å². The fourth-order valence-corrected chi connectivity index (χ4v) is 15.8. The van der Waals surface area contributed by atoms with Crippen LogP contribution in [0.1, 0.15) is 123 Å². The maximum absolute atomic E-state index is 13.5. The van der Waals surface area contributed by atoms with Crippen molar-refractivity contribution >= 4 is 35.8 Å². The highest BCUT2D eigenvalue weighted by molar-refractivity contribution is 8.76. The first-order chi connectivity index (χ1) is 29.6. The van der Waals surface area contributed by atoms with E-state index in [1.54, 1.807) is 11.9 Å². The van der Waals surface area contributed by atoms with Gasteiger partial charge in [0.25, 0.3) is 5.60 Å².